The maximum atomic E-state index is 11.9. The van der Waals surface area contributed by atoms with Gasteiger partial charge in [-0.3, -0.25) is 14.9 Å². The van der Waals surface area contributed by atoms with Crippen LogP contribution in [0.2, 0.25) is 0 Å². The SMILES string of the molecule is Cc1cc(NC(=O)C(C)SCCC(=O)OC(C)(C)C)on1. The van der Waals surface area contributed by atoms with E-state index in [0.29, 0.717) is 17.3 Å². The number of ether oxygens (including phenoxy) is 1. The molecular weight excluding hydrogens is 292 g/mol. The number of hydrogen-bond acceptors (Lipinski definition) is 6. The molecule has 0 aliphatic carbocycles. The van der Waals surface area contributed by atoms with Gasteiger partial charge in [0.2, 0.25) is 11.8 Å². The molecule has 6 nitrogen and oxygen atoms in total. The van der Waals surface area contributed by atoms with Gasteiger partial charge in [-0.1, -0.05) is 5.16 Å². The summed E-state index contributed by atoms with van der Waals surface area (Å²) < 4.78 is 10.1. The van der Waals surface area contributed by atoms with Crippen LogP contribution < -0.4 is 5.32 Å². The Bertz CT molecular complexity index is 493. The van der Waals surface area contributed by atoms with E-state index in [1.54, 1.807) is 19.9 Å². The van der Waals surface area contributed by atoms with E-state index in [1.165, 1.54) is 11.8 Å². The van der Waals surface area contributed by atoms with Crippen molar-refractivity contribution >= 4 is 29.5 Å². The smallest absolute Gasteiger partial charge is 0.307 e. The lowest BCUT2D eigenvalue weighted by atomic mass is 10.2. The standard InChI is InChI=1S/C14H22N2O4S/c1-9-8-11(20-16-9)15-13(18)10(2)21-7-6-12(17)19-14(3,4)5/h8,10H,6-7H2,1-5H3,(H,15,18). The van der Waals surface area contributed by atoms with Crippen LogP contribution in [-0.2, 0) is 14.3 Å². The predicted molar refractivity (Wildman–Crippen MR) is 82.3 cm³/mol. The van der Waals surface area contributed by atoms with Crippen LogP contribution in [0.5, 0.6) is 0 Å². The summed E-state index contributed by atoms with van der Waals surface area (Å²) in [5.41, 5.74) is 0.227. The summed E-state index contributed by atoms with van der Waals surface area (Å²) in [7, 11) is 0. The number of amides is 1. The van der Waals surface area contributed by atoms with E-state index in [4.69, 9.17) is 9.26 Å². The minimum atomic E-state index is -0.477. The molecule has 1 atom stereocenters. The van der Waals surface area contributed by atoms with Gasteiger partial charge in [0, 0.05) is 11.8 Å². The lowest BCUT2D eigenvalue weighted by molar-refractivity contribution is -0.154. The van der Waals surface area contributed by atoms with Crippen LogP contribution in [-0.4, -0.2) is 33.6 Å². The Morgan fingerprint density at radius 3 is 2.67 bits per heavy atom. The van der Waals surface area contributed by atoms with Gasteiger partial charge in [-0.2, -0.15) is 0 Å². The summed E-state index contributed by atoms with van der Waals surface area (Å²) >= 11 is 1.39. The zero-order valence-corrected chi connectivity index (χ0v) is 13.9. The quantitative estimate of drug-likeness (QED) is 0.813. The van der Waals surface area contributed by atoms with E-state index in [-0.39, 0.29) is 23.5 Å². The zero-order chi connectivity index (χ0) is 16.0. The Morgan fingerprint density at radius 2 is 2.14 bits per heavy atom. The number of aromatic nitrogens is 1. The Kier molecular flexibility index (Phi) is 6.26. The van der Waals surface area contributed by atoms with Crippen LogP contribution in [0, 0.1) is 6.92 Å². The molecule has 1 heterocycles. The molecule has 0 radical (unpaired) electrons. The monoisotopic (exact) mass is 314 g/mol. The minimum absolute atomic E-state index is 0.180. The molecule has 0 bridgehead atoms. The molecule has 0 saturated carbocycles. The molecule has 0 spiro atoms. The van der Waals surface area contributed by atoms with Crippen LogP contribution in [0.15, 0.2) is 10.6 Å². The van der Waals surface area contributed by atoms with E-state index < -0.39 is 5.60 Å². The van der Waals surface area contributed by atoms with Crippen molar-refractivity contribution in [2.75, 3.05) is 11.1 Å². The average Bonchev–Trinajstić information content (AvgIpc) is 2.72. The van der Waals surface area contributed by atoms with E-state index >= 15 is 0 Å². The largest absolute Gasteiger partial charge is 0.460 e. The molecule has 21 heavy (non-hydrogen) atoms. The third-order valence-corrected chi connectivity index (χ3v) is 3.49. The van der Waals surface area contributed by atoms with Crippen molar-refractivity contribution in [1.29, 1.82) is 0 Å². The van der Waals surface area contributed by atoms with Crippen LogP contribution in [0.4, 0.5) is 5.88 Å². The molecular formula is C14H22N2O4S. The van der Waals surface area contributed by atoms with Crippen molar-refractivity contribution in [3.05, 3.63) is 11.8 Å². The van der Waals surface area contributed by atoms with E-state index in [2.05, 4.69) is 10.5 Å². The number of hydrogen-bond donors (Lipinski definition) is 1. The van der Waals surface area contributed by atoms with Crippen LogP contribution in [0.3, 0.4) is 0 Å². The van der Waals surface area contributed by atoms with Gasteiger partial charge in [0.1, 0.15) is 5.60 Å². The first-order chi connectivity index (χ1) is 9.67. The number of nitrogens with one attached hydrogen (secondary N) is 1. The Balaban J connectivity index is 2.28. The number of thioether (sulfide) groups is 1. The highest BCUT2D eigenvalue weighted by Crippen LogP contribution is 2.17. The van der Waals surface area contributed by atoms with Crippen molar-refractivity contribution in [2.24, 2.45) is 0 Å². The fraction of sp³-hybridized carbons (Fsp3) is 0.643. The number of rotatable bonds is 6. The van der Waals surface area contributed by atoms with Gasteiger partial charge in [-0.05, 0) is 34.6 Å². The number of nitrogens with zero attached hydrogens (tertiary/aromatic N) is 1. The molecule has 0 aromatic carbocycles. The molecule has 1 unspecified atom stereocenters. The average molecular weight is 314 g/mol. The fourth-order valence-corrected chi connectivity index (χ4v) is 2.28. The first-order valence-corrected chi connectivity index (χ1v) is 7.80. The first-order valence-electron chi connectivity index (χ1n) is 6.75. The van der Waals surface area contributed by atoms with Gasteiger partial charge in [-0.15, -0.1) is 11.8 Å². The molecule has 0 aliphatic heterocycles. The molecule has 1 aromatic rings. The number of carbonyl (C=O) groups excluding carboxylic acids is 2. The summed E-state index contributed by atoms with van der Waals surface area (Å²) in [5.74, 6) is 0.421. The highest BCUT2D eigenvalue weighted by molar-refractivity contribution is 8.00. The Hall–Kier alpha value is -1.50. The lowest BCUT2D eigenvalue weighted by Gasteiger charge is -2.19. The van der Waals surface area contributed by atoms with Gasteiger partial charge in [0.25, 0.3) is 0 Å². The number of aryl methyl sites for hydroxylation is 1. The van der Waals surface area contributed by atoms with E-state index in [0.717, 1.165) is 0 Å². The van der Waals surface area contributed by atoms with Crippen molar-refractivity contribution in [3.8, 4) is 0 Å². The normalized spacial score (nSPS) is 12.8. The molecule has 118 valence electrons. The number of anilines is 1. The summed E-state index contributed by atoms with van der Waals surface area (Å²) in [6, 6.07) is 1.65. The zero-order valence-electron chi connectivity index (χ0n) is 13.1. The van der Waals surface area contributed by atoms with Gasteiger partial charge in [0.15, 0.2) is 0 Å². The maximum absolute atomic E-state index is 11.9. The van der Waals surface area contributed by atoms with Gasteiger partial charge in [0.05, 0.1) is 17.4 Å². The van der Waals surface area contributed by atoms with Crippen LogP contribution in [0.1, 0.15) is 39.8 Å². The highest BCUT2D eigenvalue weighted by atomic mass is 32.2. The van der Waals surface area contributed by atoms with Crippen LogP contribution >= 0.6 is 11.8 Å². The second-order valence-electron chi connectivity index (χ2n) is 5.67. The Morgan fingerprint density at radius 1 is 1.48 bits per heavy atom. The summed E-state index contributed by atoms with van der Waals surface area (Å²) in [5, 5.41) is 6.03. The Labute approximate surface area is 129 Å². The fourth-order valence-electron chi connectivity index (χ4n) is 1.43. The summed E-state index contributed by atoms with van der Waals surface area (Å²) in [4.78, 5) is 23.4. The molecule has 7 heteroatoms. The topological polar surface area (TPSA) is 81.4 Å². The highest BCUT2D eigenvalue weighted by Gasteiger charge is 2.18. The van der Waals surface area contributed by atoms with E-state index in [9.17, 15) is 9.59 Å². The summed E-state index contributed by atoms with van der Waals surface area (Å²) in [6.45, 7) is 9.03. The molecule has 0 fully saturated rings. The van der Waals surface area contributed by atoms with Crippen molar-refractivity contribution < 1.29 is 18.8 Å². The predicted octanol–water partition coefficient (Wildman–Crippen LogP) is 2.78. The molecule has 1 N–H and O–H groups in total. The summed E-state index contributed by atoms with van der Waals surface area (Å²) in [6.07, 6.45) is 0.279. The second kappa shape index (κ2) is 7.49. The molecule has 0 aliphatic rings. The molecule has 1 rings (SSSR count). The van der Waals surface area contributed by atoms with Gasteiger partial charge in [-0.25, -0.2) is 0 Å². The molecule has 1 amide bonds. The lowest BCUT2D eigenvalue weighted by Crippen LogP contribution is -2.25. The van der Waals surface area contributed by atoms with Crippen molar-refractivity contribution in [1.82, 2.24) is 5.16 Å². The van der Waals surface area contributed by atoms with Gasteiger partial charge >= 0.3 is 5.97 Å². The van der Waals surface area contributed by atoms with Crippen molar-refractivity contribution in [3.63, 3.8) is 0 Å². The first kappa shape index (κ1) is 17.6. The maximum Gasteiger partial charge on any atom is 0.307 e. The molecule has 1 aromatic heterocycles. The number of esters is 1. The van der Waals surface area contributed by atoms with E-state index in [1.807, 2.05) is 20.8 Å². The van der Waals surface area contributed by atoms with Crippen molar-refractivity contribution in [2.45, 2.75) is 51.9 Å². The third kappa shape index (κ3) is 7.17. The third-order valence-electron chi connectivity index (χ3n) is 2.34. The molecule has 0 saturated heterocycles. The van der Waals surface area contributed by atoms with Crippen LogP contribution in [0.25, 0.3) is 0 Å². The number of carbonyl (C=O) groups is 2. The van der Waals surface area contributed by atoms with Gasteiger partial charge < -0.3 is 9.26 Å². The minimum Gasteiger partial charge on any atom is -0.460 e. The second-order valence-corrected chi connectivity index (χ2v) is 7.12.